The summed E-state index contributed by atoms with van der Waals surface area (Å²) in [5, 5.41) is 0.246. The van der Waals surface area contributed by atoms with Crippen LogP contribution < -0.4 is 9.47 Å². The number of halogens is 2. The Bertz CT molecular complexity index is 944. The molecule has 0 radical (unpaired) electrons. The number of hydrogen-bond acceptors (Lipinski definition) is 5. The van der Waals surface area contributed by atoms with Gasteiger partial charge in [0, 0.05) is 12.1 Å². The van der Waals surface area contributed by atoms with Gasteiger partial charge in [0.05, 0.1) is 24.1 Å². The minimum Gasteiger partial charge on any atom is -0.493 e. The van der Waals surface area contributed by atoms with E-state index >= 15 is 0 Å². The Morgan fingerprint density at radius 2 is 1.96 bits per heavy atom. The van der Waals surface area contributed by atoms with Crippen LogP contribution in [0.4, 0.5) is 4.39 Å². The van der Waals surface area contributed by atoms with Crippen LogP contribution in [0.3, 0.4) is 0 Å². The largest absolute Gasteiger partial charge is 0.493 e. The lowest BCUT2D eigenvalue weighted by molar-refractivity contribution is -0.122. The van der Waals surface area contributed by atoms with Crippen LogP contribution in [0.1, 0.15) is 11.1 Å². The maximum Gasteiger partial charge on any atom is 0.266 e. The lowest BCUT2D eigenvalue weighted by Gasteiger charge is -2.15. The van der Waals surface area contributed by atoms with Gasteiger partial charge in [0.15, 0.2) is 11.5 Å². The lowest BCUT2D eigenvalue weighted by Crippen LogP contribution is -2.30. The molecule has 28 heavy (non-hydrogen) atoms. The summed E-state index contributed by atoms with van der Waals surface area (Å²) in [6.07, 6.45) is 2.04. The van der Waals surface area contributed by atoms with E-state index < -0.39 is 5.82 Å². The van der Waals surface area contributed by atoms with Crippen molar-refractivity contribution in [2.45, 2.75) is 6.42 Å². The standard InChI is InChI=1S/C20H17ClFNO3S2/c1-25-16-7-6-12(10-17(16)26-2)8-9-23-19(24)18(28-20(23)27)11-13-14(21)4-3-5-15(13)22/h3-7,10-11H,8-9H2,1-2H3. The van der Waals surface area contributed by atoms with E-state index in [2.05, 4.69) is 0 Å². The Hall–Kier alpha value is -2.09. The van der Waals surface area contributed by atoms with E-state index in [4.69, 9.17) is 33.3 Å². The molecule has 1 saturated heterocycles. The van der Waals surface area contributed by atoms with E-state index in [0.717, 1.165) is 17.3 Å². The second kappa shape index (κ2) is 8.94. The van der Waals surface area contributed by atoms with Crippen LogP contribution >= 0.6 is 35.6 Å². The van der Waals surface area contributed by atoms with Crippen LogP contribution in [0.25, 0.3) is 6.08 Å². The average Bonchev–Trinajstić information content (AvgIpc) is 2.95. The number of rotatable bonds is 6. The van der Waals surface area contributed by atoms with E-state index in [0.29, 0.717) is 33.7 Å². The minimum atomic E-state index is -0.483. The number of carbonyl (C=O) groups excluding carboxylic acids is 1. The molecule has 0 unspecified atom stereocenters. The summed E-state index contributed by atoms with van der Waals surface area (Å²) in [6.45, 7) is 0.405. The van der Waals surface area contributed by atoms with Crippen LogP contribution in [0, 0.1) is 5.82 Å². The summed E-state index contributed by atoms with van der Waals surface area (Å²) < 4.78 is 25.0. The van der Waals surface area contributed by atoms with E-state index in [1.54, 1.807) is 20.3 Å². The molecule has 0 aromatic heterocycles. The maximum atomic E-state index is 14.0. The van der Waals surface area contributed by atoms with Crippen molar-refractivity contribution in [3.63, 3.8) is 0 Å². The van der Waals surface area contributed by atoms with Gasteiger partial charge in [-0.25, -0.2) is 4.39 Å². The molecule has 0 bridgehead atoms. The summed E-state index contributed by atoms with van der Waals surface area (Å²) in [5.74, 6) is 0.527. The van der Waals surface area contributed by atoms with E-state index in [1.807, 2.05) is 18.2 Å². The van der Waals surface area contributed by atoms with Crippen molar-refractivity contribution in [3.05, 3.63) is 63.3 Å². The van der Waals surface area contributed by atoms with Crippen molar-refractivity contribution in [1.82, 2.24) is 4.90 Å². The van der Waals surface area contributed by atoms with Crippen molar-refractivity contribution in [1.29, 1.82) is 0 Å². The van der Waals surface area contributed by atoms with Crippen LogP contribution in [0.2, 0.25) is 5.02 Å². The number of nitrogens with zero attached hydrogens (tertiary/aromatic N) is 1. The van der Waals surface area contributed by atoms with E-state index in [9.17, 15) is 9.18 Å². The predicted molar refractivity (Wildman–Crippen MR) is 115 cm³/mol. The van der Waals surface area contributed by atoms with Crippen LogP contribution in [-0.2, 0) is 11.2 Å². The molecule has 1 amide bonds. The monoisotopic (exact) mass is 437 g/mol. The summed E-state index contributed by atoms with van der Waals surface area (Å²) in [6, 6.07) is 9.99. The molecule has 0 spiro atoms. The third-order valence-corrected chi connectivity index (χ3v) is 5.93. The van der Waals surface area contributed by atoms with Crippen molar-refractivity contribution >= 4 is 51.9 Å². The highest BCUT2D eigenvalue weighted by molar-refractivity contribution is 8.26. The quantitative estimate of drug-likeness (QED) is 0.472. The SMILES string of the molecule is COc1ccc(CCN2C(=O)C(=Cc3c(F)cccc3Cl)SC2=S)cc1OC. The summed E-state index contributed by atoms with van der Waals surface area (Å²) >= 11 is 12.5. The molecule has 1 fully saturated rings. The molecule has 0 saturated carbocycles. The van der Waals surface area contributed by atoms with Crippen LogP contribution in [0.5, 0.6) is 11.5 Å². The smallest absolute Gasteiger partial charge is 0.266 e. The molecule has 0 atom stereocenters. The highest BCUT2D eigenvalue weighted by Gasteiger charge is 2.32. The first-order chi connectivity index (χ1) is 13.4. The van der Waals surface area contributed by atoms with E-state index in [1.165, 1.54) is 23.1 Å². The molecule has 1 aliphatic heterocycles. The Morgan fingerprint density at radius 1 is 1.21 bits per heavy atom. The Labute approximate surface area is 177 Å². The third kappa shape index (κ3) is 4.32. The Kier molecular flexibility index (Phi) is 6.59. The Balaban J connectivity index is 1.75. The second-order valence-corrected chi connectivity index (χ2v) is 7.99. The first-order valence-corrected chi connectivity index (χ1v) is 9.95. The topological polar surface area (TPSA) is 38.8 Å². The average molecular weight is 438 g/mol. The van der Waals surface area contributed by atoms with Gasteiger partial charge >= 0.3 is 0 Å². The molecule has 4 nitrogen and oxygen atoms in total. The third-order valence-electron chi connectivity index (χ3n) is 4.22. The number of carbonyl (C=O) groups is 1. The number of hydrogen-bond donors (Lipinski definition) is 0. The number of thiocarbonyl (C=S) groups is 1. The van der Waals surface area contributed by atoms with Gasteiger partial charge in [-0.05, 0) is 42.3 Å². The fraction of sp³-hybridized carbons (Fsp3) is 0.200. The summed E-state index contributed by atoms with van der Waals surface area (Å²) in [7, 11) is 3.15. The molecule has 1 heterocycles. The zero-order valence-electron chi connectivity index (χ0n) is 15.2. The molecule has 146 valence electrons. The molecule has 0 aliphatic carbocycles. The second-order valence-electron chi connectivity index (χ2n) is 5.91. The van der Waals surface area contributed by atoms with Crippen molar-refractivity contribution in [2.75, 3.05) is 20.8 Å². The number of benzene rings is 2. The fourth-order valence-electron chi connectivity index (χ4n) is 2.75. The number of ether oxygens (including phenoxy) is 2. The minimum absolute atomic E-state index is 0.185. The van der Waals surface area contributed by atoms with Crippen molar-refractivity contribution in [2.24, 2.45) is 0 Å². The number of amides is 1. The first-order valence-electron chi connectivity index (χ1n) is 8.35. The van der Waals surface area contributed by atoms with Gasteiger partial charge in [-0.15, -0.1) is 0 Å². The van der Waals surface area contributed by atoms with E-state index in [-0.39, 0.29) is 16.5 Å². The van der Waals surface area contributed by atoms with Crippen molar-refractivity contribution in [3.8, 4) is 11.5 Å². The highest BCUT2D eigenvalue weighted by atomic mass is 35.5. The van der Waals surface area contributed by atoms with Crippen molar-refractivity contribution < 1.29 is 18.7 Å². The number of thioether (sulfide) groups is 1. The molecule has 1 aliphatic rings. The molecular formula is C20H17ClFNO3S2. The van der Waals surface area contributed by atoms with Gasteiger partial charge < -0.3 is 9.47 Å². The van der Waals surface area contributed by atoms with Crippen LogP contribution in [0.15, 0.2) is 41.3 Å². The molecule has 2 aromatic rings. The molecule has 8 heteroatoms. The maximum absolute atomic E-state index is 14.0. The number of methoxy groups -OCH3 is 2. The first kappa shape index (κ1) is 20.6. The van der Waals surface area contributed by atoms with Gasteiger partial charge in [0.25, 0.3) is 5.91 Å². The lowest BCUT2D eigenvalue weighted by atomic mass is 10.1. The van der Waals surface area contributed by atoms with Gasteiger partial charge in [0.1, 0.15) is 10.1 Å². The molecule has 0 N–H and O–H groups in total. The normalized spacial score (nSPS) is 15.4. The molecular weight excluding hydrogens is 421 g/mol. The summed E-state index contributed by atoms with van der Waals surface area (Å²) in [4.78, 5) is 14.6. The Morgan fingerprint density at radius 3 is 2.64 bits per heavy atom. The molecule has 3 rings (SSSR count). The zero-order chi connectivity index (χ0) is 20.3. The summed E-state index contributed by atoms with van der Waals surface area (Å²) in [5.41, 5.74) is 1.16. The van der Waals surface area contributed by atoms with Crippen LogP contribution in [-0.4, -0.2) is 35.9 Å². The van der Waals surface area contributed by atoms with Gasteiger partial charge in [0.2, 0.25) is 0 Å². The van der Waals surface area contributed by atoms with Gasteiger partial charge in [-0.1, -0.05) is 47.7 Å². The predicted octanol–water partition coefficient (Wildman–Crippen LogP) is 4.94. The van der Waals surface area contributed by atoms with Gasteiger partial charge in [-0.2, -0.15) is 0 Å². The van der Waals surface area contributed by atoms with Gasteiger partial charge in [-0.3, -0.25) is 9.69 Å². The highest BCUT2D eigenvalue weighted by Crippen LogP contribution is 2.35. The fourth-order valence-corrected chi connectivity index (χ4v) is 4.26. The molecule has 2 aromatic carbocycles. The zero-order valence-corrected chi connectivity index (χ0v) is 17.6.